The Morgan fingerprint density at radius 3 is 2.45 bits per heavy atom. The predicted octanol–water partition coefficient (Wildman–Crippen LogP) is -0.691. The molecule has 0 spiro atoms. The van der Waals surface area contributed by atoms with Crippen LogP contribution in [0.25, 0.3) is 0 Å². The van der Waals surface area contributed by atoms with E-state index < -0.39 is 11.9 Å². The van der Waals surface area contributed by atoms with Gasteiger partial charge < -0.3 is 11.5 Å². The molecule has 0 aliphatic heterocycles. The van der Waals surface area contributed by atoms with Gasteiger partial charge in [-0.15, -0.1) is 0 Å². The molecule has 5 N–H and O–H groups in total. The van der Waals surface area contributed by atoms with Gasteiger partial charge in [0.25, 0.3) is 0 Å². The van der Waals surface area contributed by atoms with Crippen LogP contribution < -0.4 is 16.8 Å². The van der Waals surface area contributed by atoms with Crippen molar-refractivity contribution in [2.45, 2.75) is 25.8 Å². The summed E-state index contributed by atoms with van der Waals surface area (Å²) in [6.07, 6.45) is 0.839. The summed E-state index contributed by atoms with van der Waals surface area (Å²) in [6, 6.07) is -1.03. The fourth-order valence-electron chi connectivity index (χ4n) is 0.571. The lowest BCUT2D eigenvalue weighted by Crippen LogP contribution is -2.38. The van der Waals surface area contributed by atoms with Gasteiger partial charge in [-0.05, 0) is 6.42 Å². The predicted molar refractivity (Wildman–Crippen MR) is 40.6 cm³/mol. The number of nitrogens with one attached hydrogen (secondary N) is 1. The highest BCUT2D eigenvalue weighted by Crippen LogP contribution is 1.91. The van der Waals surface area contributed by atoms with Crippen LogP contribution in [0.1, 0.15) is 19.8 Å². The highest BCUT2D eigenvalue weighted by Gasteiger charge is 2.08. The summed E-state index contributed by atoms with van der Waals surface area (Å²) in [5.74, 6) is -0.424. The van der Waals surface area contributed by atoms with Crippen LogP contribution in [-0.2, 0) is 4.79 Å². The van der Waals surface area contributed by atoms with E-state index in [2.05, 4.69) is 0 Å². The number of rotatable bonds is 3. The maximum absolute atomic E-state index is 10.7. The molecule has 5 heteroatoms. The molecule has 5 nitrogen and oxygen atoms in total. The molecule has 0 bridgehead atoms. The molecule has 0 heterocycles. The van der Waals surface area contributed by atoms with Gasteiger partial charge >= 0.3 is 6.03 Å². The van der Waals surface area contributed by atoms with E-state index in [0.717, 1.165) is 0 Å². The zero-order valence-electron chi connectivity index (χ0n) is 6.46. The van der Waals surface area contributed by atoms with Crippen LogP contribution in [0.5, 0.6) is 0 Å². The third-order valence-electron chi connectivity index (χ3n) is 1.23. The molecule has 0 aliphatic carbocycles. The van der Waals surface area contributed by atoms with E-state index >= 15 is 0 Å². The molecule has 0 aliphatic rings. The van der Waals surface area contributed by atoms with Gasteiger partial charge in [-0.3, -0.25) is 10.1 Å². The first-order valence-corrected chi connectivity index (χ1v) is 3.41. The Morgan fingerprint density at radius 2 is 2.09 bits per heavy atom. The maximum Gasteiger partial charge on any atom is 0.318 e. The van der Waals surface area contributed by atoms with Crippen molar-refractivity contribution in [1.82, 2.24) is 5.32 Å². The van der Waals surface area contributed by atoms with Crippen molar-refractivity contribution in [3.05, 3.63) is 0 Å². The first-order chi connectivity index (χ1) is 5.06. The standard InChI is InChI=1S/C6H13N3O2/c1-2-4(7)3-5(10)9-6(8)11/h4H,2-3,7H2,1H3,(H3,8,9,10,11). The van der Waals surface area contributed by atoms with E-state index in [1.807, 2.05) is 12.2 Å². The molecular weight excluding hydrogens is 146 g/mol. The highest BCUT2D eigenvalue weighted by molar-refractivity contribution is 5.93. The van der Waals surface area contributed by atoms with Gasteiger partial charge in [-0.2, -0.15) is 0 Å². The van der Waals surface area contributed by atoms with Crippen LogP contribution in [0, 0.1) is 0 Å². The molecule has 1 atom stereocenters. The van der Waals surface area contributed by atoms with Gasteiger partial charge in [0.15, 0.2) is 0 Å². The van der Waals surface area contributed by atoms with Crippen molar-refractivity contribution in [3.8, 4) is 0 Å². The normalized spacial score (nSPS) is 12.2. The number of primary amides is 1. The van der Waals surface area contributed by atoms with Crippen LogP contribution in [0.2, 0.25) is 0 Å². The van der Waals surface area contributed by atoms with Crippen molar-refractivity contribution in [2.24, 2.45) is 11.5 Å². The summed E-state index contributed by atoms with van der Waals surface area (Å²) < 4.78 is 0. The van der Waals surface area contributed by atoms with Gasteiger partial charge in [0.2, 0.25) is 5.91 Å². The molecule has 0 aromatic rings. The summed E-state index contributed by atoms with van der Waals surface area (Å²) >= 11 is 0. The number of carbonyl (C=O) groups is 2. The molecule has 0 aromatic carbocycles. The molecule has 0 rings (SSSR count). The number of hydrogen-bond acceptors (Lipinski definition) is 3. The third kappa shape index (κ3) is 5.35. The molecule has 0 aromatic heterocycles. The second-order valence-electron chi connectivity index (χ2n) is 2.28. The number of hydrogen-bond donors (Lipinski definition) is 3. The van der Waals surface area contributed by atoms with E-state index in [9.17, 15) is 9.59 Å². The van der Waals surface area contributed by atoms with Crippen molar-refractivity contribution in [2.75, 3.05) is 0 Å². The summed E-state index contributed by atoms with van der Waals surface area (Å²) in [6.45, 7) is 1.86. The number of amides is 3. The van der Waals surface area contributed by atoms with E-state index in [1.54, 1.807) is 0 Å². The largest absolute Gasteiger partial charge is 0.351 e. The fraction of sp³-hybridized carbons (Fsp3) is 0.667. The molecule has 0 radical (unpaired) electrons. The topological polar surface area (TPSA) is 98.2 Å². The fourth-order valence-corrected chi connectivity index (χ4v) is 0.571. The second-order valence-corrected chi connectivity index (χ2v) is 2.28. The number of urea groups is 1. The minimum absolute atomic E-state index is 0.138. The SMILES string of the molecule is CCC(N)CC(=O)NC(N)=O. The van der Waals surface area contributed by atoms with Crippen LogP contribution in [0.3, 0.4) is 0 Å². The third-order valence-corrected chi connectivity index (χ3v) is 1.23. The smallest absolute Gasteiger partial charge is 0.318 e. The quantitative estimate of drug-likeness (QED) is 0.508. The first-order valence-electron chi connectivity index (χ1n) is 3.41. The van der Waals surface area contributed by atoms with Crippen LogP contribution >= 0.6 is 0 Å². The Hall–Kier alpha value is -1.10. The van der Waals surface area contributed by atoms with Crippen LogP contribution in [0.15, 0.2) is 0 Å². The molecule has 0 saturated carbocycles. The molecule has 64 valence electrons. The molecule has 0 saturated heterocycles. The molecule has 11 heavy (non-hydrogen) atoms. The van der Waals surface area contributed by atoms with Gasteiger partial charge in [0.1, 0.15) is 0 Å². The van der Waals surface area contributed by atoms with Gasteiger partial charge in [0.05, 0.1) is 0 Å². The summed E-state index contributed by atoms with van der Waals surface area (Å²) in [7, 11) is 0. The van der Waals surface area contributed by atoms with E-state index in [1.165, 1.54) is 0 Å². The average Bonchev–Trinajstić information content (AvgIpc) is 1.85. The molecule has 1 unspecified atom stereocenters. The first kappa shape index (κ1) is 9.90. The minimum atomic E-state index is -0.835. The molecule has 0 fully saturated rings. The van der Waals surface area contributed by atoms with Crippen LogP contribution in [-0.4, -0.2) is 18.0 Å². The summed E-state index contributed by atoms with van der Waals surface area (Å²) in [5.41, 5.74) is 10.1. The van der Waals surface area contributed by atoms with Crippen LogP contribution in [0.4, 0.5) is 4.79 Å². The summed E-state index contributed by atoms with van der Waals surface area (Å²) in [5, 5.41) is 1.93. The lowest BCUT2D eigenvalue weighted by molar-refractivity contribution is -0.120. The zero-order valence-corrected chi connectivity index (χ0v) is 6.46. The van der Waals surface area contributed by atoms with Gasteiger partial charge in [-0.1, -0.05) is 6.92 Å². The number of imide groups is 1. The zero-order chi connectivity index (χ0) is 8.85. The van der Waals surface area contributed by atoms with Crippen molar-refractivity contribution < 1.29 is 9.59 Å². The Balaban J connectivity index is 3.60. The Morgan fingerprint density at radius 1 is 1.55 bits per heavy atom. The number of carbonyl (C=O) groups excluding carboxylic acids is 2. The lowest BCUT2D eigenvalue weighted by Gasteiger charge is -2.06. The Bertz CT molecular complexity index is 158. The van der Waals surface area contributed by atoms with Gasteiger partial charge in [-0.25, -0.2) is 4.79 Å². The molecule has 3 amide bonds. The van der Waals surface area contributed by atoms with Gasteiger partial charge in [0, 0.05) is 12.5 Å². The Labute approximate surface area is 65.1 Å². The minimum Gasteiger partial charge on any atom is -0.351 e. The van der Waals surface area contributed by atoms with E-state index in [4.69, 9.17) is 11.5 Å². The highest BCUT2D eigenvalue weighted by atomic mass is 16.2. The second kappa shape index (κ2) is 4.68. The number of nitrogens with two attached hydrogens (primary N) is 2. The Kier molecular flexibility index (Phi) is 4.21. The maximum atomic E-state index is 10.7. The summed E-state index contributed by atoms with van der Waals surface area (Å²) in [4.78, 5) is 20.9. The van der Waals surface area contributed by atoms with Crippen molar-refractivity contribution in [1.29, 1.82) is 0 Å². The molecular formula is C6H13N3O2. The van der Waals surface area contributed by atoms with Crippen molar-refractivity contribution in [3.63, 3.8) is 0 Å². The lowest BCUT2D eigenvalue weighted by atomic mass is 10.1. The van der Waals surface area contributed by atoms with E-state index in [-0.39, 0.29) is 12.5 Å². The monoisotopic (exact) mass is 159 g/mol. The average molecular weight is 159 g/mol. The van der Waals surface area contributed by atoms with E-state index in [0.29, 0.717) is 6.42 Å². The van der Waals surface area contributed by atoms with Crippen molar-refractivity contribution >= 4 is 11.9 Å².